The van der Waals surface area contributed by atoms with Gasteiger partial charge in [-0.25, -0.2) is 4.79 Å². The fourth-order valence-electron chi connectivity index (χ4n) is 1.77. The molecule has 1 atom stereocenters. The normalized spacial score (nSPS) is 22.5. The monoisotopic (exact) mass is 200 g/mol. The molecule has 1 rings (SSSR count). The fourth-order valence-corrected chi connectivity index (χ4v) is 1.77. The first-order chi connectivity index (χ1) is 6.83. The van der Waals surface area contributed by atoms with Gasteiger partial charge in [0.25, 0.3) is 0 Å². The Hall–Kier alpha value is -0.770. The molecule has 0 aromatic carbocycles. The number of carbonyl (C=O) groups excluding carboxylic acids is 1. The highest BCUT2D eigenvalue weighted by atomic mass is 16.5. The topological polar surface area (TPSA) is 50.4 Å². The smallest absolute Gasteiger partial charge is 0.406 e. The third-order valence-electron chi connectivity index (χ3n) is 2.61. The Morgan fingerprint density at radius 2 is 2.36 bits per heavy atom. The van der Waals surface area contributed by atoms with Crippen LogP contribution in [0.1, 0.15) is 32.1 Å². The highest BCUT2D eigenvalue weighted by molar-refractivity contribution is 5.66. The van der Waals surface area contributed by atoms with Gasteiger partial charge in [0.2, 0.25) is 0 Å². The van der Waals surface area contributed by atoms with Crippen molar-refractivity contribution in [3.63, 3.8) is 0 Å². The third-order valence-corrected chi connectivity index (χ3v) is 2.61. The molecule has 4 heteroatoms. The van der Waals surface area contributed by atoms with E-state index in [9.17, 15) is 4.79 Å². The molecule has 0 radical (unpaired) electrons. The van der Waals surface area contributed by atoms with Gasteiger partial charge in [-0.1, -0.05) is 12.8 Å². The summed E-state index contributed by atoms with van der Waals surface area (Å²) < 4.78 is 4.49. The first-order valence-electron chi connectivity index (χ1n) is 5.38. The summed E-state index contributed by atoms with van der Waals surface area (Å²) in [6.45, 7) is 1.81. The summed E-state index contributed by atoms with van der Waals surface area (Å²) in [5.41, 5.74) is 0. The summed E-state index contributed by atoms with van der Waals surface area (Å²) >= 11 is 0. The van der Waals surface area contributed by atoms with Crippen molar-refractivity contribution in [1.82, 2.24) is 10.6 Å². The maximum atomic E-state index is 10.8. The molecule has 1 saturated heterocycles. The van der Waals surface area contributed by atoms with Crippen LogP contribution < -0.4 is 10.6 Å². The summed E-state index contributed by atoms with van der Waals surface area (Å²) in [5, 5.41) is 6.18. The number of ether oxygens (including phenoxy) is 1. The zero-order valence-corrected chi connectivity index (χ0v) is 8.84. The minimum atomic E-state index is -0.335. The van der Waals surface area contributed by atoms with E-state index in [0.29, 0.717) is 12.6 Å². The van der Waals surface area contributed by atoms with E-state index in [4.69, 9.17) is 0 Å². The van der Waals surface area contributed by atoms with Gasteiger partial charge in [-0.3, -0.25) is 0 Å². The average molecular weight is 200 g/mol. The summed E-state index contributed by atoms with van der Waals surface area (Å²) in [6.07, 6.45) is 5.79. The number of hydrogen-bond donors (Lipinski definition) is 2. The van der Waals surface area contributed by atoms with Crippen molar-refractivity contribution in [3.8, 4) is 0 Å². The first kappa shape index (κ1) is 11.3. The lowest BCUT2D eigenvalue weighted by Crippen LogP contribution is -2.33. The lowest BCUT2D eigenvalue weighted by molar-refractivity contribution is 0.170. The average Bonchev–Trinajstić information content (AvgIpc) is 2.46. The van der Waals surface area contributed by atoms with E-state index >= 15 is 0 Å². The Morgan fingerprint density at radius 1 is 1.50 bits per heavy atom. The summed E-state index contributed by atoms with van der Waals surface area (Å²) in [4.78, 5) is 10.8. The van der Waals surface area contributed by atoms with Crippen LogP contribution in [0.5, 0.6) is 0 Å². The minimum absolute atomic E-state index is 0.335. The van der Waals surface area contributed by atoms with Crippen LogP contribution in [0.25, 0.3) is 0 Å². The van der Waals surface area contributed by atoms with Gasteiger partial charge in [0.1, 0.15) is 0 Å². The molecule has 1 unspecified atom stereocenters. The fraction of sp³-hybridized carbons (Fsp3) is 0.900. The molecule has 1 fully saturated rings. The molecular formula is C10H20N2O2. The lowest BCUT2D eigenvalue weighted by atomic mass is 10.1. The number of nitrogens with one attached hydrogen (secondary N) is 2. The van der Waals surface area contributed by atoms with Crippen LogP contribution in [0, 0.1) is 0 Å². The molecular weight excluding hydrogens is 180 g/mol. The van der Waals surface area contributed by atoms with E-state index in [1.165, 1.54) is 32.8 Å². The van der Waals surface area contributed by atoms with E-state index in [1.807, 2.05) is 0 Å². The van der Waals surface area contributed by atoms with Crippen LogP contribution in [-0.4, -0.2) is 32.3 Å². The number of rotatable bonds is 3. The Morgan fingerprint density at radius 3 is 3.14 bits per heavy atom. The number of amides is 1. The maximum absolute atomic E-state index is 10.8. The molecule has 0 aromatic heterocycles. The largest absolute Gasteiger partial charge is 0.453 e. The predicted octanol–water partition coefficient (Wildman–Crippen LogP) is 1.26. The van der Waals surface area contributed by atoms with Gasteiger partial charge >= 0.3 is 6.09 Å². The molecule has 0 spiro atoms. The van der Waals surface area contributed by atoms with E-state index in [-0.39, 0.29) is 6.09 Å². The number of hydrogen-bond acceptors (Lipinski definition) is 3. The highest BCUT2D eigenvalue weighted by Gasteiger charge is 2.11. The first-order valence-corrected chi connectivity index (χ1v) is 5.38. The van der Waals surface area contributed by atoms with Gasteiger partial charge in [-0.2, -0.15) is 0 Å². The van der Waals surface area contributed by atoms with Gasteiger partial charge in [-0.15, -0.1) is 0 Å². The Balaban J connectivity index is 2.07. The zero-order chi connectivity index (χ0) is 10.2. The quantitative estimate of drug-likeness (QED) is 0.721. The Labute approximate surface area is 85.4 Å². The van der Waals surface area contributed by atoms with Gasteiger partial charge < -0.3 is 15.4 Å². The van der Waals surface area contributed by atoms with Crippen molar-refractivity contribution in [1.29, 1.82) is 0 Å². The molecule has 2 N–H and O–H groups in total. The van der Waals surface area contributed by atoms with Gasteiger partial charge in [0.05, 0.1) is 7.11 Å². The second-order valence-corrected chi connectivity index (χ2v) is 3.71. The van der Waals surface area contributed by atoms with E-state index in [1.54, 1.807) is 0 Å². The molecule has 4 nitrogen and oxygen atoms in total. The molecule has 0 saturated carbocycles. The number of alkyl carbamates (subject to hydrolysis) is 1. The SMILES string of the molecule is COC(=O)NCCC1CCCCCN1. The van der Waals surface area contributed by atoms with Crippen LogP contribution in [0.2, 0.25) is 0 Å². The van der Waals surface area contributed by atoms with Crippen LogP contribution in [0.3, 0.4) is 0 Å². The number of methoxy groups -OCH3 is 1. The molecule has 0 bridgehead atoms. The molecule has 1 amide bonds. The Bertz CT molecular complexity index is 166. The highest BCUT2D eigenvalue weighted by Crippen LogP contribution is 2.10. The van der Waals surface area contributed by atoms with Crippen LogP contribution in [0.4, 0.5) is 4.79 Å². The molecule has 14 heavy (non-hydrogen) atoms. The number of carbonyl (C=O) groups is 1. The molecule has 1 aliphatic rings. The Kier molecular flexibility index (Phi) is 5.37. The zero-order valence-electron chi connectivity index (χ0n) is 8.84. The van der Waals surface area contributed by atoms with Crippen molar-refractivity contribution in [3.05, 3.63) is 0 Å². The van der Waals surface area contributed by atoms with Gasteiger partial charge in [0, 0.05) is 12.6 Å². The second kappa shape index (κ2) is 6.65. The van der Waals surface area contributed by atoms with Crippen molar-refractivity contribution in [2.75, 3.05) is 20.2 Å². The van der Waals surface area contributed by atoms with Crippen molar-refractivity contribution < 1.29 is 9.53 Å². The van der Waals surface area contributed by atoms with Gasteiger partial charge in [0.15, 0.2) is 0 Å². The van der Waals surface area contributed by atoms with E-state index < -0.39 is 0 Å². The van der Waals surface area contributed by atoms with Crippen LogP contribution >= 0.6 is 0 Å². The van der Waals surface area contributed by atoms with Crippen LogP contribution in [0.15, 0.2) is 0 Å². The van der Waals surface area contributed by atoms with E-state index in [2.05, 4.69) is 15.4 Å². The summed E-state index contributed by atoms with van der Waals surface area (Å²) in [7, 11) is 1.39. The summed E-state index contributed by atoms with van der Waals surface area (Å²) in [6, 6.07) is 0.564. The maximum Gasteiger partial charge on any atom is 0.406 e. The predicted molar refractivity (Wildman–Crippen MR) is 55.3 cm³/mol. The third kappa shape index (κ3) is 4.46. The molecule has 1 aliphatic heterocycles. The molecule has 82 valence electrons. The molecule has 0 aliphatic carbocycles. The van der Waals surface area contributed by atoms with Crippen LogP contribution in [-0.2, 0) is 4.74 Å². The second-order valence-electron chi connectivity index (χ2n) is 3.71. The van der Waals surface area contributed by atoms with Gasteiger partial charge in [-0.05, 0) is 25.8 Å². The van der Waals surface area contributed by atoms with Crippen molar-refractivity contribution in [2.24, 2.45) is 0 Å². The molecule has 0 aromatic rings. The summed E-state index contributed by atoms with van der Waals surface area (Å²) in [5.74, 6) is 0. The minimum Gasteiger partial charge on any atom is -0.453 e. The standard InChI is InChI=1S/C10H20N2O2/c1-14-10(13)12-8-6-9-5-3-2-4-7-11-9/h9,11H,2-8H2,1H3,(H,12,13). The molecule has 1 heterocycles. The van der Waals surface area contributed by atoms with Crippen molar-refractivity contribution >= 4 is 6.09 Å². The lowest BCUT2D eigenvalue weighted by Gasteiger charge is -2.15. The van der Waals surface area contributed by atoms with Crippen molar-refractivity contribution in [2.45, 2.75) is 38.1 Å². The van der Waals surface area contributed by atoms with E-state index in [0.717, 1.165) is 13.0 Å².